The molecule has 132 valence electrons. The fraction of sp³-hybridized carbons (Fsp3) is 0.353. The third kappa shape index (κ3) is 4.59. The zero-order valence-corrected chi connectivity index (χ0v) is 14.2. The molecule has 0 radical (unpaired) electrons. The van der Waals surface area contributed by atoms with E-state index in [9.17, 15) is 13.2 Å². The van der Waals surface area contributed by atoms with Gasteiger partial charge in [-0.05, 0) is 45.0 Å². The van der Waals surface area contributed by atoms with E-state index < -0.39 is 17.3 Å². The average Bonchev–Trinajstić information content (AvgIpc) is 2.51. The van der Waals surface area contributed by atoms with Crippen LogP contribution in [0.25, 0.3) is 0 Å². The lowest BCUT2D eigenvalue weighted by atomic mass is 10.2. The fourth-order valence-corrected chi connectivity index (χ4v) is 2.02. The molecule has 0 unspecified atom stereocenters. The molecule has 1 aromatic carbocycles. The molecule has 0 amide bonds. The summed E-state index contributed by atoms with van der Waals surface area (Å²) in [5.41, 5.74) is -0.762. The van der Waals surface area contributed by atoms with Gasteiger partial charge in [0.25, 0.3) is 0 Å². The van der Waals surface area contributed by atoms with Crippen LogP contribution in [0.2, 0.25) is 0 Å². The van der Waals surface area contributed by atoms with Gasteiger partial charge in [0.1, 0.15) is 11.2 Å². The molecular formula is C17H17F3N4O. The Bertz CT molecular complexity index is 790. The molecule has 0 saturated carbocycles. The molecule has 0 aliphatic heterocycles. The van der Waals surface area contributed by atoms with Gasteiger partial charge in [-0.15, -0.1) is 0 Å². The summed E-state index contributed by atoms with van der Waals surface area (Å²) < 4.78 is 45.4. The molecule has 0 saturated heterocycles. The lowest BCUT2D eigenvalue weighted by Gasteiger charge is -2.24. The molecule has 0 N–H and O–H groups in total. The van der Waals surface area contributed by atoms with Gasteiger partial charge < -0.3 is 9.64 Å². The number of nitriles is 1. The standard InChI is InChI=1S/C17H17F3N4O/c1-16(2,3)25-15-22-10-13(17(18,19)20)14(23-15)24(4)12-7-5-11(9-21)6-8-12/h5-8,10H,1-4H3. The molecular weight excluding hydrogens is 333 g/mol. The third-order valence-corrected chi connectivity index (χ3v) is 3.15. The predicted molar refractivity (Wildman–Crippen MR) is 86.6 cm³/mol. The van der Waals surface area contributed by atoms with E-state index in [1.807, 2.05) is 6.07 Å². The number of ether oxygens (including phenoxy) is 1. The van der Waals surface area contributed by atoms with Crippen molar-refractivity contribution in [1.29, 1.82) is 5.26 Å². The number of halogens is 3. The van der Waals surface area contributed by atoms with Gasteiger partial charge in [-0.1, -0.05) is 0 Å². The zero-order chi connectivity index (χ0) is 18.8. The Morgan fingerprint density at radius 2 is 1.72 bits per heavy atom. The summed E-state index contributed by atoms with van der Waals surface area (Å²) in [6, 6.07) is 7.95. The molecule has 1 aromatic heterocycles. The quantitative estimate of drug-likeness (QED) is 0.825. The first-order valence-corrected chi connectivity index (χ1v) is 7.38. The lowest BCUT2D eigenvalue weighted by Crippen LogP contribution is -2.26. The predicted octanol–water partition coefficient (Wildman–Crippen LogP) is 4.31. The molecule has 0 aliphatic carbocycles. The highest BCUT2D eigenvalue weighted by Crippen LogP contribution is 2.38. The Hall–Kier alpha value is -2.82. The number of nitrogens with zero attached hydrogens (tertiary/aromatic N) is 4. The summed E-state index contributed by atoms with van der Waals surface area (Å²) in [4.78, 5) is 8.90. The Morgan fingerprint density at radius 1 is 1.12 bits per heavy atom. The topological polar surface area (TPSA) is 62.0 Å². The molecule has 0 aliphatic rings. The number of anilines is 2. The second kappa shape index (κ2) is 6.59. The number of aromatic nitrogens is 2. The Labute approximate surface area is 143 Å². The first-order chi connectivity index (χ1) is 11.5. The van der Waals surface area contributed by atoms with Gasteiger partial charge in [0.15, 0.2) is 5.82 Å². The van der Waals surface area contributed by atoms with Gasteiger partial charge in [0.2, 0.25) is 0 Å². The van der Waals surface area contributed by atoms with Gasteiger partial charge >= 0.3 is 12.2 Å². The van der Waals surface area contributed by atoms with Crippen LogP contribution in [0.15, 0.2) is 30.5 Å². The number of rotatable bonds is 3. The van der Waals surface area contributed by atoms with Crippen molar-refractivity contribution < 1.29 is 17.9 Å². The van der Waals surface area contributed by atoms with Gasteiger partial charge in [0.05, 0.1) is 11.6 Å². The highest BCUT2D eigenvalue weighted by molar-refractivity contribution is 5.63. The molecule has 5 nitrogen and oxygen atoms in total. The van der Waals surface area contributed by atoms with Crippen LogP contribution in [-0.4, -0.2) is 22.6 Å². The normalized spacial score (nSPS) is 11.8. The maximum atomic E-state index is 13.3. The molecule has 2 aromatic rings. The average molecular weight is 350 g/mol. The molecule has 8 heteroatoms. The van der Waals surface area contributed by atoms with Crippen LogP contribution in [0.4, 0.5) is 24.7 Å². The lowest BCUT2D eigenvalue weighted by molar-refractivity contribution is -0.137. The summed E-state index contributed by atoms with van der Waals surface area (Å²) in [6.45, 7) is 5.24. The van der Waals surface area contributed by atoms with Crippen molar-refractivity contribution in [3.63, 3.8) is 0 Å². The Kier molecular flexibility index (Phi) is 4.88. The number of alkyl halides is 3. The molecule has 0 fully saturated rings. The van der Waals surface area contributed by atoms with E-state index in [0.29, 0.717) is 17.4 Å². The Balaban J connectivity index is 2.50. The minimum atomic E-state index is -4.61. The van der Waals surface area contributed by atoms with E-state index in [2.05, 4.69) is 9.97 Å². The van der Waals surface area contributed by atoms with E-state index in [-0.39, 0.29) is 11.8 Å². The zero-order valence-electron chi connectivity index (χ0n) is 14.2. The van der Waals surface area contributed by atoms with Crippen molar-refractivity contribution in [3.05, 3.63) is 41.6 Å². The second-order valence-electron chi connectivity index (χ2n) is 6.32. The summed E-state index contributed by atoms with van der Waals surface area (Å²) in [7, 11) is 1.46. The fourth-order valence-electron chi connectivity index (χ4n) is 2.02. The minimum absolute atomic E-state index is 0.143. The van der Waals surface area contributed by atoms with Gasteiger partial charge in [-0.3, -0.25) is 0 Å². The maximum Gasteiger partial charge on any atom is 0.421 e. The SMILES string of the molecule is CN(c1ccc(C#N)cc1)c1nc(OC(C)(C)C)ncc1C(F)(F)F. The molecule has 0 bridgehead atoms. The van der Waals surface area contributed by atoms with Crippen molar-refractivity contribution in [2.75, 3.05) is 11.9 Å². The van der Waals surface area contributed by atoms with E-state index >= 15 is 0 Å². The molecule has 1 heterocycles. The van der Waals surface area contributed by atoms with Crippen molar-refractivity contribution in [1.82, 2.24) is 9.97 Å². The van der Waals surface area contributed by atoms with Crippen LogP contribution in [0, 0.1) is 11.3 Å². The highest BCUT2D eigenvalue weighted by atomic mass is 19.4. The van der Waals surface area contributed by atoms with Crippen LogP contribution >= 0.6 is 0 Å². The van der Waals surface area contributed by atoms with Crippen molar-refractivity contribution in [3.8, 4) is 12.1 Å². The summed E-state index contributed by atoms with van der Waals surface area (Å²) in [5.74, 6) is -0.327. The molecule has 25 heavy (non-hydrogen) atoms. The van der Waals surface area contributed by atoms with Crippen LogP contribution in [0.1, 0.15) is 31.9 Å². The summed E-state index contributed by atoms with van der Waals surface area (Å²) >= 11 is 0. The Morgan fingerprint density at radius 3 is 2.20 bits per heavy atom. The van der Waals surface area contributed by atoms with Gasteiger partial charge in [-0.2, -0.15) is 23.4 Å². The van der Waals surface area contributed by atoms with E-state index in [0.717, 1.165) is 0 Å². The van der Waals surface area contributed by atoms with Crippen LogP contribution in [0.3, 0.4) is 0 Å². The largest absolute Gasteiger partial charge is 0.458 e. The monoisotopic (exact) mass is 350 g/mol. The maximum absolute atomic E-state index is 13.3. The van der Waals surface area contributed by atoms with E-state index in [1.54, 1.807) is 32.9 Å². The summed E-state index contributed by atoms with van der Waals surface area (Å²) in [5, 5.41) is 8.83. The van der Waals surface area contributed by atoms with Crippen LogP contribution < -0.4 is 9.64 Å². The second-order valence-corrected chi connectivity index (χ2v) is 6.32. The molecule has 0 spiro atoms. The minimum Gasteiger partial charge on any atom is -0.458 e. The van der Waals surface area contributed by atoms with Crippen LogP contribution in [0.5, 0.6) is 6.01 Å². The van der Waals surface area contributed by atoms with Crippen molar-refractivity contribution in [2.45, 2.75) is 32.5 Å². The number of hydrogen-bond donors (Lipinski definition) is 0. The number of hydrogen-bond acceptors (Lipinski definition) is 5. The van der Waals surface area contributed by atoms with E-state index in [4.69, 9.17) is 10.00 Å². The first kappa shape index (κ1) is 18.5. The summed E-state index contributed by atoms with van der Waals surface area (Å²) in [6.07, 6.45) is -3.90. The van der Waals surface area contributed by atoms with Gasteiger partial charge in [-0.25, -0.2) is 4.98 Å². The van der Waals surface area contributed by atoms with E-state index in [1.165, 1.54) is 24.1 Å². The highest BCUT2D eigenvalue weighted by Gasteiger charge is 2.37. The van der Waals surface area contributed by atoms with Crippen molar-refractivity contribution >= 4 is 11.5 Å². The number of benzene rings is 1. The first-order valence-electron chi connectivity index (χ1n) is 7.38. The van der Waals surface area contributed by atoms with Crippen molar-refractivity contribution in [2.24, 2.45) is 0 Å². The molecule has 2 rings (SSSR count). The smallest absolute Gasteiger partial charge is 0.421 e. The van der Waals surface area contributed by atoms with Crippen LogP contribution in [-0.2, 0) is 6.18 Å². The van der Waals surface area contributed by atoms with Gasteiger partial charge in [0, 0.05) is 18.9 Å². The molecule has 0 atom stereocenters. The third-order valence-electron chi connectivity index (χ3n) is 3.15.